The predicted molar refractivity (Wildman–Crippen MR) is 89.4 cm³/mol. The number of ether oxygens (including phenoxy) is 1. The third-order valence-corrected chi connectivity index (χ3v) is 4.22. The Morgan fingerprint density at radius 2 is 2.05 bits per heavy atom. The Bertz CT molecular complexity index is 418. The molecular formula is C18H28N2O. The van der Waals surface area contributed by atoms with Crippen LogP contribution >= 0.6 is 0 Å². The van der Waals surface area contributed by atoms with Crippen molar-refractivity contribution in [3.8, 4) is 0 Å². The summed E-state index contributed by atoms with van der Waals surface area (Å²) in [5.41, 5.74) is 1.28. The summed E-state index contributed by atoms with van der Waals surface area (Å²) in [7, 11) is 1.78. The molecule has 1 aromatic rings. The van der Waals surface area contributed by atoms with Crippen molar-refractivity contribution in [1.29, 1.82) is 0 Å². The number of rotatable bonds is 7. The van der Waals surface area contributed by atoms with Crippen molar-refractivity contribution < 1.29 is 4.74 Å². The molecule has 1 atom stereocenters. The standard InChI is InChI=1S/C18H28N2O/c1-3-18-16-19(12-13-20(18)14-15-21-2)11-7-10-17-8-5-4-6-9-17/h4-10,18H,3,11-16H2,1-2H3/b10-7-/t18-/m1/s1. The molecule has 0 unspecified atom stereocenters. The first kappa shape index (κ1) is 16.2. The van der Waals surface area contributed by atoms with Gasteiger partial charge in [-0.3, -0.25) is 9.80 Å². The highest BCUT2D eigenvalue weighted by Crippen LogP contribution is 2.13. The van der Waals surface area contributed by atoms with Crippen molar-refractivity contribution in [2.45, 2.75) is 19.4 Å². The Balaban J connectivity index is 1.79. The van der Waals surface area contributed by atoms with Crippen LogP contribution in [0.25, 0.3) is 6.08 Å². The minimum absolute atomic E-state index is 0.666. The molecule has 0 amide bonds. The van der Waals surface area contributed by atoms with Crippen LogP contribution in [0.3, 0.4) is 0 Å². The third-order valence-electron chi connectivity index (χ3n) is 4.22. The van der Waals surface area contributed by atoms with Crippen LogP contribution in [-0.2, 0) is 4.74 Å². The van der Waals surface area contributed by atoms with Gasteiger partial charge in [0.2, 0.25) is 0 Å². The molecule has 1 saturated heterocycles. The van der Waals surface area contributed by atoms with E-state index in [1.165, 1.54) is 18.5 Å². The van der Waals surface area contributed by atoms with Gasteiger partial charge in [0, 0.05) is 45.9 Å². The summed E-state index contributed by atoms with van der Waals surface area (Å²) in [5.74, 6) is 0. The highest BCUT2D eigenvalue weighted by Gasteiger charge is 2.24. The normalized spacial score (nSPS) is 21.1. The van der Waals surface area contributed by atoms with Gasteiger partial charge >= 0.3 is 0 Å². The van der Waals surface area contributed by atoms with Crippen LogP contribution in [-0.4, -0.2) is 62.3 Å². The van der Waals surface area contributed by atoms with E-state index in [0.29, 0.717) is 6.04 Å². The average molecular weight is 288 g/mol. The maximum absolute atomic E-state index is 5.21. The number of benzene rings is 1. The first-order valence-corrected chi connectivity index (χ1v) is 8.00. The Kier molecular flexibility index (Phi) is 6.93. The molecule has 3 nitrogen and oxygen atoms in total. The lowest BCUT2D eigenvalue weighted by atomic mass is 10.1. The van der Waals surface area contributed by atoms with E-state index in [1.54, 1.807) is 7.11 Å². The van der Waals surface area contributed by atoms with Crippen LogP contribution < -0.4 is 0 Å². The Morgan fingerprint density at radius 3 is 2.76 bits per heavy atom. The van der Waals surface area contributed by atoms with E-state index in [2.05, 4.69) is 59.2 Å². The minimum Gasteiger partial charge on any atom is -0.383 e. The zero-order valence-electron chi connectivity index (χ0n) is 13.4. The van der Waals surface area contributed by atoms with E-state index < -0.39 is 0 Å². The lowest BCUT2D eigenvalue weighted by Crippen LogP contribution is -2.53. The fourth-order valence-electron chi connectivity index (χ4n) is 2.92. The molecule has 116 valence electrons. The highest BCUT2D eigenvalue weighted by atomic mass is 16.5. The van der Waals surface area contributed by atoms with Gasteiger partial charge in [-0.05, 0) is 12.0 Å². The minimum atomic E-state index is 0.666. The third kappa shape index (κ3) is 5.27. The van der Waals surface area contributed by atoms with Crippen molar-refractivity contribution in [2.75, 3.05) is 46.4 Å². The second-order valence-corrected chi connectivity index (χ2v) is 5.66. The first-order valence-electron chi connectivity index (χ1n) is 8.00. The van der Waals surface area contributed by atoms with Gasteiger partial charge < -0.3 is 4.74 Å². The second-order valence-electron chi connectivity index (χ2n) is 5.66. The average Bonchev–Trinajstić information content (AvgIpc) is 2.54. The van der Waals surface area contributed by atoms with Gasteiger partial charge in [0.15, 0.2) is 0 Å². The number of hydrogen-bond acceptors (Lipinski definition) is 3. The number of piperazine rings is 1. The summed E-state index contributed by atoms with van der Waals surface area (Å²) in [6, 6.07) is 11.2. The molecule has 0 bridgehead atoms. The second kappa shape index (κ2) is 8.98. The van der Waals surface area contributed by atoms with Crippen molar-refractivity contribution in [3.63, 3.8) is 0 Å². The monoisotopic (exact) mass is 288 g/mol. The van der Waals surface area contributed by atoms with Gasteiger partial charge in [-0.2, -0.15) is 0 Å². The predicted octanol–water partition coefficient (Wildman–Crippen LogP) is 2.74. The summed E-state index contributed by atoms with van der Waals surface area (Å²) in [5, 5.41) is 0. The molecule has 0 spiro atoms. The van der Waals surface area contributed by atoms with Crippen molar-refractivity contribution in [3.05, 3.63) is 42.0 Å². The fourth-order valence-corrected chi connectivity index (χ4v) is 2.92. The maximum Gasteiger partial charge on any atom is 0.0589 e. The summed E-state index contributed by atoms with van der Waals surface area (Å²) in [6.45, 7) is 8.70. The maximum atomic E-state index is 5.21. The van der Waals surface area contributed by atoms with Crippen molar-refractivity contribution >= 4 is 6.08 Å². The molecule has 0 aromatic heterocycles. The molecule has 0 saturated carbocycles. The van der Waals surface area contributed by atoms with Gasteiger partial charge in [-0.25, -0.2) is 0 Å². The van der Waals surface area contributed by atoms with Crippen molar-refractivity contribution in [2.24, 2.45) is 0 Å². The molecule has 0 N–H and O–H groups in total. The molecule has 1 heterocycles. The molecule has 1 fully saturated rings. The van der Waals surface area contributed by atoms with E-state index in [0.717, 1.165) is 32.8 Å². The molecule has 3 heteroatoms. The molecule has 1 aliphatic rings. The first-order chi connectivity index (χ1) is 10.3. The van der Waals surface area contributed by atoms with Gasteiger partial charge in [0.25, 0.3) is 0 Å². The zero-order chi connectivity index (χ0) is 14.9. The lowest BCUT2D eigenvalue weighted by molar-refractivity contribution is 0.0547. The molecule has 1 aromatic carbocycles. The van der Waals surface area contributed by atoms with Gasteiger partial charge in [-0.15, -0.1) is 0 Å². The fraction of sp³-hybridized carbons (Fsp3) is 0.556. The SMILES string of the molecule is CC[C@@H]1CN(C/C=C\c2ccccc2)CCN1CCOC. The van der Waals surface area contributed by atoms with E-state index in [4.69, 9.17) is 4.74 Å². The topological polar surface area (TPSA) is 15.7 Å². The van der Waals surface area contributed by atoms with E-state index in [-0.39, 0.29) is 0 Å². The smallest absolute Gasteiger partial charge is 0.0589 e. The van der Waals surface area contributed by atoms with Gasteiger partial charge in [0.05, 0.1) is 6.61 Å². The Hall–Kier alpha value is -1.16. The van der Waals surface area contributed by atoms with Crippen LogP contribution in [0.1, 0.15) is 18.9 Å². The van der Waals surface area contributed by atoms with Crippen molar-refractivity contribution in [1.82, 2.24) is 9.80 Å². The molecule has 0 aliphatic carbocycles. The van der Waals surface area contributed by atoms with Crippen LogP contribution in [0.4, 0.5) is 0 Å². The zero-order valence-corrected chi connectivity index (χ0v) is 13.4. The van der Waals surface area contributed by atoms with Crippen LogP contribution in [0.5, 0.6) is 0 Å². The number of hydrogen-bond donors (Lipinski definition) is 0. The summed E-state index contributed by atoms with van der Waals surface area (Å²) in [6.07, 6.45) is 5.72. The number of nitrogens with zero attached hydrogens (tertiary/aromatic N) is 2. The highest BCUT2D eigenvalue weighted by molar-refractivity contribution is 5.48. The Labute approximate surface area is 129 Å². The summed E-state index contributed by atoms with van der Waals surface area (Å²) < 4.78 is 5.21. The summed E-state index contributed by atoms with van der Waals surface area (Å²) in [4.78, 5) is 5.12. The lowest BCUT2D eigenvalue weighted by Gasteiger charge is -2.40. The molecule has 2 rings (SSSR count). The van der Waals surface area contributed by atoms with Gasteiger partial charge in [0.1, 0.15) is 0 Å². The largest absolute Gasteiger partial charge is 0.383 e. The van der Waals surface area contributed by atoms with Gasteiger partial charge in [-0.1, -0.05) is 49.4 Å². The van der Waals surface area contributed by atoms with E-state index in [9.17, 15) is 0 Å². The molecular weight excluding hydrogens is 260 g/mol. The van der Waals surface area contributed by atoms with E-state index in [1.807, 2.05) is 0 Å². The van der Waals surface area contributed by atoms with Crippen LogP contribution in [0.15, 0.2) is 36.4 Å². The number of methoxy groups -OCH3 is 1. The molecule has 21 heavy (non-hydrogen) atoms. The van der Waals surface area contributed by atoms with Crippen LogP contribution in [0.2, 0.25) is 0 Å². The summed E-state index contributed by atoms with van der Waals surface area (Å²) >= 11 is 0. The Morgan fingerprint density at radius 1 is 1.24 bits per heavy atom. The quantitative estimate of drug-likeness (QED) is 0.767. The molecule has 0 radical (unpaired) electrons. The van der Waals surface area contributed by atoms with Crippen LogP contribution in [0, 0.1) is 0 Å². The molecule has 1 aliphatic heterocycles. The van der Waals surface area contributed by atoms with E-state index >= 15 is 0 Å².